The van der Waals surface area contributed by atoms with E-state index in [0.29, 0.717) is 32.1 Å². The van der Waals surface area contributed by atoms with E-state index in [0.717, 1.165) is 25.5 Å². The van der Waals surface area contributed by atoms with E-state index in [2.05, 4.69) is 6.92 Å². The summed E-state index contributed by atoms with van der Waals surface area (Å²) >= 11 is 0. The lowest BCUT2D eigenvalue weighted by molar-refractivity contribution is -0.160. The molecule has 1 saturated carbocycles. The standard InChI is InChI=1S/C26H45NO7S/c1-6-7-10-13-19(28)16-17-21-20(22(29)18-23(21)34-25(31)26(2,3)4)14-11-8-9-12-15-24(30)27-35(5,32)33/h8,11,16-17,19-23,28-29H,6-7,9-10,12-15,18H2,1-5H3,(H,27,30)/b11-8-,17-16+/t19-,20?,21?,22?,23?/m0/s1. The van der Waals surface area contributed by atoms with E-state index < -0.39 is 39.7 Å². The van der Waals surface area contributed by atoms with Crippen LogP contribution in [0.15, 0.2) is 24.3 Å². The molecule has 8 nitrogen and oxygen atoms in total. The molecule has 1 rings (SSSR count). The predicted octanol–water partition coefficient (Wildman–Crippen LogP) is 3.63. The van der Waals surface area contributed by atoms with Crippen LogP contribution in [0.2, 0.25) is 0 Å². The number of rotatable bonds is 14. The molecule has 0 bridgehead atoms. The summed E-state index contributed by atoms with van der Waals surface area (Å²) in [6, 6.07) is 0. The van der Waals surface area contributed by atoms with Gasteiger partial charge >= 0.3 is 5.97 Å². The zero-order valence-corrected chi connectivity index (χ0v) is 22.7. The number of sulfonamides is 1. The molecule has 0 radical (unpaired) electrons. The molecule has 9 heteroatoms. The molecule has 35 heavy (non-hydrogen) atoms. The van der Waals surface area contributed by atoms with Crippen molar-refractivity contribution < 1.29 is 33.0 Å². The lowest BCUT2D eigenvalue weighted by Crippen LogP contribution is -2.31. The molecule has 202 valence electrons. The van der Waals surface area contributed by atoms with Crippen LogP contribution in [-0.4, -0.2) is 55.1 Å². The molecule has 0 spiro atoms. The van der Waals surface area contributed by atoms with Gasteiger partial charge in [-0.3, -0.25) is 14.3 Å². The van der Waals surface area contributed by atoms with Gasteiger partial charge < -0.3 is 14.9 Å². The Balaban J connectivity index is 2.76. The highest BCUT2D eigenvalue weighted by Crippen LogP contribution is 2.39. The SMILES string of the molecule is CCCCC[C@H](O)/C=C/C1C(OC(=O)C(C)(C)C)CC(O)C1C/C=C\CCCC(=O)NS(C)(=O)=O. The minimum absolute atomic E-state index is 0.107. The van der Waals surface area contributed by atoms with Crippen molar-refractivity contribution >= 4 is 21.9 Å². The van der Waals surface area contributed by atoms with Crippen molar-refractivity contribution in [3.8, 4) is 0 Å². The van der Waals surface area contributed by atoms with E-state index in [1.807, 2.05) is 23.0 Å². The van der Waals surface area contributed by atoms with Crippen LogP contribution in [0.1, 0.15) is 85.5 Å². The Hall–Kier alpha value is -1.71. The first kappa shape index (κ1) is 31.3. The smallest absolute Gasteiger partial charge is 0.311 e. The molecule has 0 aromatic carbocycles. The van der Waals surface area contributed by atoms with E-state index in [-0.39, 0.29) is 24.2 Å². The highest BCUT2D eigenvalue weighted by atomic mass is 32.2. The molecule has 1 aliphatic rings. The lowest BCUT2D eigenvalue weighted by atomic mass is 9.89. The van der Waals surface area contributed by atoms with Gasteiger partial charge in [0.1, 0.15) is 6.10 Å². The van der Waals surface area contributed by atoms with Gasteiger partial charge in [0, 0.05) is 18.8 Å². The van der Waals surface area contributed by atoms with E-state index in [9.17, 15) is 28.2 Å². The maximum atomic E-state index is 12.5. The number of amides is 1. The number of allylic oxidation sites excluding steroid dienone is 2. The summed E-state index contributed by atoms with van der Waals surface area (Å²) < 4.78 is 29.9. The molecule has 0 aromatic heterocycles. The molecule has 0 aliphatic heterocycles. The summed E-state index contributed by atoms with van der Waals surface area (Å²) in [7, 11) is -3.54. The first-order chi connectivity index (χ1) is 16.2. The molecule has 5 atom stereocenters. The molecule has 3 N–H and O–H groups in total. The fraction of sp³-hybridized carbons (Fsp3) is 0.769. The second-order valence-electron chi connectivity index (χ2n) is 10.6. The van der Waals surface area contributed by atoms with Crippen LogP contribution < -0.4 is 4.72 Å². The van der Waals surface area contributed by atoms with Crippen LogP contribution in [-0.2, 0) is 24.3 Å². The zero-order valence-electron chi connectivity index (χ0n) is 21.9. The van der Waals surface area contributed by atoms with Gasteiger partial charge in [-0.15, -0.1) is 0 Å². The first-order valence-electron chi connectivity index (χ1n) is 12.7. The number of aliphatic hydroxyl groups excluding tert-OH is 2. The van der Waals surface area contributed by atoms with Crippen molar-refractivity contribution in [1.82, 2.24) is 4.72 Å². The molecular formula is C26H45NO7S. The first-order valence-corrected chi connectivity index (χ1v) is 14.5. The van der Waals surface area contributed by atoms with Gasteiger partial charge in [-0.1, -0.05) is 50.5 Å². The van der Waals surface area contributed by atoms with Crippen molar-refractivity contribution in [1.29, 1.82) is 0 Å². The fourth-order valence-electron chi connectivity index (χ4n) is 4.09. The number of carbonyl (C=O) groups is 2. The van der Waals surface area contributed by atoms with Crippen LogP contribution in [0, 0.1) is 17.3 Å². The summed E-state index contributed by atoms with van der Waals surface area (Å²) in [5.74, 6) is -1.24. The van der Waals surface area contributed by atoms with Crippen molar-refractivity contribution in [2.75, 3.05) is 6.26 Å². The summed E-state index contributed by atoms with van der Waals surface area (Å²) in [5, 5.41) is 21.1. The third-order valence-electron chi connectivity index (χ3n) is 6.07. The van der Waals surface area contributed by atoms with Crippen LogP contribution in [0.3, 0.4) is 0 Å². The van der Waals surface area contributed by atoms with Gasteiger partial charge in [-0.05, 0) is 52.4 Å². The second-order valence-corrected chi connectivity index (χ2v) is 12.3. The van der Waals surface area contributed by atoms with E-state index in [4.69, 9.17) is 4.74 Å². The van der Waals surface area contributed by atoms with Crippen LogP contribution >= 0.6 is 0 Å². The predicted molar refractivity (Wildman–Crippen MR) is 137 cm³/mol. The van der Waals surface area contributed by atoms with Crippen LogP contribution in [0.4, 0.5) is 0 Å². The number of nitrogens with one attached hydrogen (secondary N) is 1. The summed E-state index contributed by atoms with van der Waals surface area (Å²) in [4.78, 5) is 24.1. The number of carbonyl (C=O) groups excluding carboxylic acids is 2. The average Bonchev–Trinajstić information content (AvgIpc) is 3.01. The number of unbranched alkanes of at least 4 members (excludes halogenated alkanes) is 3. The highest BCUT2D eigenvalue weighted by Gasteiger charge is 2.43. The van der Waals surface area contributed by atoms with Gasteiger partial charge in [0.05, 0.1) is 23.9 Å². The minimum atomic E-state index is -3.54. The molecule has 1 amide bonds. The Morgan fingerprint density at radius 3 is 2.46 bits per heavy atom. The van der Waals surface area contributed by atoms with Crippen molar-refractivity contribution in [3.63, 3.8) is 0 Å². The van der Waals surface area contributed by atoms with Gasteiger partial charge in [0.15, 0.2) is 0 Å². The van der Waals surface area contributed by atoms with Crippen molar-refractivity contribution in [2.24, 2.45) is 17.3 Å². The van der Waals surface area contributed by atoms with Gasteiger partial charge in [0.2, 0.25) is 15.9 Å². The van der Waals surface area contributed by atoms with E-state index in [1.165, 1.54) is 0 Å². The van der Waals surface area contributed by atoms with Crippen LogP contribution in [0.25, 0.3) is 0 Å². The van der Waals surface area contributed by atoms with Crippen LogP contribution in [0.5, 0.6) is 0 Å². The number of esters is 1. The number of hydrogen-bond acceptors (Lipinski definition) is 7. The van der Waals surface area contributed by atoms with Crippen molar-refractivity contribution in [2.45, 2.75) is 104 Å². The largest absolute Gasteiger partial charge is 0.461 e. The topological polar surface area (TPSA) is 130 Å². The number of hydrogen-bond donors (Lipinski definition) is 3. The summed E-state index contributed by atoms with van der Waals surface area (Å²) in [6.45, 7) is 7.48. The van der Waals surface area contributed by atoms with Gasteiger partial charge in [-0.2, -0.15) is 0 Å². The Kier molecular flexibility index (Phi) is 13.2. The number of ether oxygens (including phenoxy) is 1. The summed E-state index contributed by atoms with van der Waals surface area (Å²) in [6.07, 6.45) is 12.6. The van der Waals surface area contributed by atoms with Crippen molar-refractivity contribution in [3.05, 3.63) is 24.3 Å². The zero-order chi connectivity index (χ0) is 26.6. The molecule has 1 fully saturated rings. The third-order valence-corrected chi connectivity index (χ3v) is 6.67. The molecule has 4 unspecified atom stereocenters. The molecule has 0 aromatic rings. The van der Waals surface area contributed by atoms with E-state index >= 15 is 0 Å². The van der Waals surface area contributed by atoms with E-state index in [1.54, 1.807) is 26.8 Å². The molecule has 0 heterocycles. The van der Waals surface area contributed by atoms with Gasteiger partial charge in [0.25, 0.3) is 0 Å². The maximum Gasteiger partial charge on any atom is 0.311 e. The normalized spacial score (nSPS) is 24.2. The average molecular weight is 516 g/mol. The minimum Gasteiger partial charge on any atom is -0.461 e. The summed E-state index contributed by atoms with van der Waals surface area (Å²) in [5.41, 5.74) is -0.653. The molecule has 0 saturated heterocycles. The Morgan fingerprint density at radius 1 is 1.17 bits per heavy atom. The lowest BCUT2D eigenvalue weighted by Gasteiger charge is -2.25. The highest BCUT2D eigenvalue weighted by molar-refractivity contribution is 7.89. The second kappa shape index (κ2) is 14.8. The molecular weight excluding hydrogens is 470 g/mol. The maximum absolute atomic E-state index is 12.5. The molecule has 1 aliphatic carbocycles. The Labute approximate surface area is 211 Å². The Morgan fingerprint density at radius 2 is 1.86 bits per heavy atom. The monoisotopic (exact) mass is 515 g/mol. The fourth-order valence-corrected chi connectivity index (χ4v) is 4.61. The Bertz CT molecular complexity index is 829. The van der Waals surface area contributed by atoms with Gasteiger partial charge in [-0.25, -0.2) is 8.42 Å². The third kappa shape index (κ3) is 12.7. The number of aliphatic hydroxyl groups is 2. The quantitative estimate of drug-likeness (QED) is 0.183.